The fourth-order valence-electron chi connectivity index (χ4n) is 2.52. The number of hydrogen-bond acceptors (Lipinski definition) is 6. The van der Waals surface area contributed by atoms with Crippen LogP contribution in [0.5, 0.6) is 0 Å². The van der Waals surface area contributed by atoms with Gasteiger partial charge in [-0.25, -0.2) is 9.68 Å². The summed E-state index contributed by atoms with van der Waals surface area (Å²) in [6, 6.07) is 0. The number of aryl methyl sites for hydroxylation is 1. The molecule has 0 bridgehead atoms. The first-order valence-electron chi connectivity index (χ1n) is 8.50. The van der Waals surface area contributed by atoms with Crippen molar-refractivity contribution in [2.24, 2.45) is 13.0 Å². The second-order valence-electron chi connectivity index (χ2n) is 7.36. The third-order valence-electron chi connectivity index (χ3n) is 3.81. The molecule has 0 atom stereocenters. The lowest BCUT2D eigenvalue weighted by Crippen LogP contribution is -2.42. The van der Waals surface area contributed by atoms with Gasteiger partial charge in [-0.2, -0.15) is 22.6 Å². The van der Waals surface area contributed by atoms with Crippen LogP contribution in [0.15, 0.2) is 11.1 Å². The topological polar surface area (TPSA) is 65.8 Å². The number of halogens is 3. The highest BCUT2D eigenvalue weighted by molar-refractivity contribution is 7.94. The van der Waals surface area contributed by atoms with Crippen LogP contribution >= 0.6 is 12.0 Å². The monoisotopic (exact) mass is 411 g/mol. The molecule has 154 valence electrons. The molecule has 1 aromatic rings. The average molecular weight is 411 g/mol. The molecular formula is C16H24F3N3O4S. The van der Waals surface area contributed by atoms with E-state index >= 15 is 0 Å². The number of aromatic nitrogens is 2. The van der Waals surface area contributed by atoms with E-state index in [9.17, 15) is 18.0 Å². The highest BCUT2D eigenvalue weighted by atomic mass is 32.2. The van der Waals surface area contributed by atoms with Crippen molar-refractivity contribution in [2.45, 2.75) is 50.3 Å². The van der Waals surface area contributed by atoms with Crippen LogP contribution in [0.3, 0.4) is 0 Å². The zero-order valence-electron chi connectivity index (χ0n) is 15.7. The van der Waals surface area contributed by atoms with E-state index in [0.717, 1.165) is 4.68 Å². The van der Waals surface area contributed by atoms with Gasteiger partial charge in [-0.1, -0.05) is 0 Å². The Hall–Kier alpha value is -1.46. The first-order valence-corrected chi connectivity index (χ1v) is 9.25. The van der Waals surface area contributed by atoms with Crippen LogP contribution in [-0.4, -0.2) is 46.1 Å². The molecule has 1 fully saturated rings. The zero-order chi connectivity index (χ0) is 20.2. The minimum atomic E-state index is -4.55. The fourth-order valence-corrected chi connectivity index (χ4v) is 3.13. The molecule has 2 rings (SSSR count). The van der Waals surface area contributed by atoms with Gasteiger partial charge in [0.15, 0.2) is 5.69 Å². The number of piperidine rings is 1. The smallest absolute Gasteiger partial charge is 0.436 e. The summed E-state index contributed by atoms with van der Waals surface area (Å²) in [6.07, 6.45) is -2.27. The van der Waals surface area contributed by atoms with Crippen LogP contribution in [0.1, 0.15) is 39.3 Å². The molecule has 0 radical (unpaired) electrons. The van der Waals surface area contributed by atoms with Gasteiger partial charge in [-0.3, -0.25) is 4.68 Å². The summed E-state index contributed by atoms with van der Waals surface area (Å²) in [5, 5.41) is 3.39. The van der Waals surface area contributed by atoms with Crippen LogP contribution in [0.25, 0.3) is 0 Å². The maximum atomic E-state index is 12.8. The van der Waals surface area contributed by atoms with E-state index in [-0.39, 0.29) is 23.5 Å². The molecule has 0 spiro atoms. The van der Waals surface area contributed by atoms with Gasteiger partial charge in [-0.15, -0.1) is 0 Å². The molecule has 7 nitrogen and oxygen atoms in total. The van der Waals surface area contributed by atoms with E-state index in [4.69, 9.17) is 14.0 Å². The van der Waals surface area contributed by atoms with E-state index in [2.05, 4.69) is 5.10 Å². The molecule has 27 heavy (non-hydrogen) atoms. The van der Waals surface area contributed by atoms with Gasteiger partial charge < -0.3 is 9.64 Å². The molecule has 2 heterocycles. The number of amides is 1. The molecule has 0 N–H and O–H groups in total. The van der Waals surface area contributed by atoms with Crippen molar-refractivity contribution >= 4 is 18.1 Å². The van der Waals surface area contributed by atoms with Gasteiger partial charge in [0.25, 0.3) is 0 Å². The van der Waals surface area contributed by atoms with E-state index in [1.165, 1.54) is 13.2 Å². The van der Waals surface area contributed by atoms with Crippen LogP contribution in [-0.2, 0) is 27.2 Å². The zero-order valence-corrected chi connectivity index (χ0v) is 16.5. The third-order valence-corrected chi connectivity index (χ3v) is 4.45. The van der Waals surface area contributed by atoms with Crippen LogP contribution in [0, 0.1) is 5.92 Å². The van der Waals surface area contributed by atoms with Crippen molar-refractivity contribution in [3.8, 4) is 0 Å². The largest absolute Gasteiger partial charge is 0.444 e. The summed E-state index contributed by atoms with van der Waals surface area (Å²) < 4.78 is 49.8. The Morgan fingerprint density at radius 1 is 1.30 bits per heavy atom. The molecule has 1 aromatic heterocycles. The Balaban J connectivity index is 1.70. The van der Waals surface area contributed by atoms with Crippen LogP contribution in [0.2, 0.25) is 0 Å². The minimum Gasteiger partial charge on any atom is -0.444 e. The molecule has 1 saturated heterocycles. The van der Waals surface area contributed by atoms with Crippen LogP contribution in [0.4, 0.5) is 18.0 Å². The lowest BCUT2D eigenvalue weighted by atomic mass is 9.98. The predicted octanol–water partition coefficient (Wildman–Crippen LogP) is 4.04. The van der Waals surface area contributed by atoms with Crippen molar-refractivity contribution in [3.05, 3.63) is 11.9 Å². The molecule has 0 unspecified atom stereocenters. The molecule has 0 aliphatic carbocycles. The number of nitrogens with zero attached hydrogens (tertiary/aromatic N) is 3. The van der Waals surface area contributed by atoms with E-state index in [1.807, 2.05) is 20.8 Å². The Morgan fingerprint density at radius 2 is 1.93 bits per heavy atom. The Bertz CT molecular complexity index is 638. The summed E-state index contributed by atoms with van der Waals surface area (Å²) in [5.41, 5.74) is -1.55. The number of carbonyl (C=O) groups is 1. The van der Waals surface area contributed by atoms with Gasteiger partial charge in [0.2, 0.25) is 0 Å². The SMILES string of the molecule is Cn1cc(SOOCC2CCN(C(=O)OC(C)(C)C)CC2)c(C(F)(F)F)n1. The number of rotatable bonds is 5. The summed E-state index contributed by atoms with van der Waals surface area (Å²) >= 11 is 0.485. The number of carbonyl (C=O) groups excluding carboxylic acids is 1. The Morgan fingerprint density at radius 3 is 2.48 bits per heavy atom. The lowest BCUT2D eigenvalue weighted by molar-refractivity contribution is -0.204. The summed E-state index contributed by atoms with van der Waals surface area (Å²) in [4.78, 5) is 18.5. The number of likely N-dealkylation sites (tertiary alicyclic amines) is 1. The van der Waals surface area contributed by atoms with Gasteiger partial charge in [0, 0.05) is 26.3 Å². The molecular weight excluding hydrogens is 387 g/mol. The predicted molar refractivity (Wildman–Crippen MR) is 91.6 cm³/mol. The quantitative estimate of drug-likeness (QED) is 0.315. The molecule has 1 aliphatic rings. The van der Waals surface area contributed by atoms with Crippen molar-refractivity contribution in [1.29, 1.82) is 0 Å². The van der Waals surface area contributed by atoms with E-state index in [0.29, 0.717) is 38.0 Å². The van der Waals surface area contributed by atoms with E-state index < -0.39 is 17.5 Å². The molecule has 1 aliphatic heterocycles. The minimum absolute atomic E-state index is 0.153. The van der Waals surface area contributed by atoms with Crippen molar-refractivity contribution in [3.63, 3.8) is 0 Å². The highest BCUT2D eigenvalue weighted by Gasteiger charge is 2.37. The Kier molecular flexibility index (Phi) is 7.03. The first kappa shape index (κ1) is 21.8. The Labute approximate surface area is 160 Å². The lowest BCUT2D eigenvalue weighted by Gasteiger charge is -2.33. The van der Waals surface area contributed by atoms with Gasteiger partial charge in [0.05, 0.1) is 23.5 Å². The summed E-state index contributed by atoms with van der Waals surface area (Å²) in [5.74, 6) is 0.153. The molecule has 0 saturated carbocycles. The van der Waals surface area contributed by atoms with E-state index in [1.54, 1.807) is 4.90 Å². The van der Waals surface area contributed by atoms with Gasteiger partial charge in [0.1, 0.15) is 5.60 Å². The number of alkyl halides is 3. The molecule has 1 amide bonds. The maximum absolute atomic E-state index is 12.8. The number of hydrogen-bond donors (Lipinski definition) is 0. The maximum Gasteiger partial charge on any atom is 0.436 e. The third kappa shape index (κ3) is 6.89. The summed E-state index contributed by atoms with van der Waals surface area (Å²) in [7, 11) is 1.40. The van der Waals surface area contributed by atoms with Crippen molar-refractivity contribution < 1.29 is 31.9 Å². The van der Waals surface area contributed by atoms with Crippen molar-refractivity contribution in [1.82, 2.24) is 14.7 Å². The second kappa shape index (κ2) is 8.70. The number of ether oxygens (including phenoxy) is 1. The first-order chi connectivity index (χ1) is 12.5. The molecule has 11 heteroatoms. The molecule has 0 aromatic carbocycles. The van der Waals surface area contributed by atoms with Crippen LogP contribution < -0.4 is 0 Å². The highest BCUT2D eigenvalue weighted by Crippen LogP contribution is 2.36. The second-order valence-corrected chi connectivity index (χ2v) is 8.10. The fraction of sp³-hybridized carbons (Fsp3) is 0.750. The average Bonchev–Trinajstić information content (AvgIpc) is 2.91. The summed E-state index contributed by atoms with van der Waals surface area (Å²) in [6.45, 7) is 6.75. The van der Waals surface area contributed by atoms with Gasteiger partial charge >= 0.3 is 12.3 Å². The van der Waals surface area contributed by atoms with Crippen molar-refractivity contribution in [2.75, 3.05) is 19.7 Å². The normalized spacial score (nSPS) is 16.6. The standard InChI is InChI=1S/C16H24F3N3O4S/c1-15(2,3)25-14(23)22-7-5-11(6-8-22)10-24-26-27-12-9-21(4)20-13(12)16(17,18)19/h9,11H,5-8,10H2,1-4H3. The van der Waals surface area contributed by atoms with Gasteiger partial charge in [-0.05, 0) is 39.5 Å².